The molecule has 1 saturated carbocycles. The molecule has 2 aliphatic rings. The summed E-state index contributed by atoms with van der Waals surface area (Å²) in [5, 5.41) is 2.94. The first-order valence-corrected chi connectivity index (χ1v) is 9.58. The lowest BCUT2D eigenvalue weighted by Gasteiger charge is -2.26. The summed E-state index contributed by atoms with van der Waals surface area (Å²) < 4.78 is 0. The summed E-state index contributed by atoms with van der Waals surface area (Å²) in [6.45, 7) is 2.03. The fourth-order valence-corrected chi connectivity index (χ4v) is 4.26. The van der Waals surface area contributed by atoms with Crippen molar-refractivity contribution >= 4 is 35.0 Å². The fourth-order valence-electron chi connectivity index (χ4n) is 3.05. The highest BCUT2D eigenvalue weighted by molar-refractivity contribution is 8.00. The number of amides is 2. The van der Waals surface area contributed by atoms with Gasteiger partial charge in [-0.25, -0.2) is 0 Å². The summed E-state index contributed by atoms with van der Waals surface area (Å²) >= 11 is 1.60. The SMILES string of the molecule is Cc1ccc(N2C(=O)CSC2c2ccccc2NC(=O)C2CC2)cc1. The van der Waals surface area contributed by atoms with Gasteiger partial charge in [-0.3, -0.25) is 14.5 Å². The van der Waals surface area contributed by atoms with Crippen LogP contribution in [0.15, 0.2) is 48.5 Å². The van der Waals surface area contributed by atoms with Crippen LogP contribution >= 0.6 is 11.8 Å². The van der Waals surface area contributed by atoms with E-state index in [9.17, 15) is 9.59 Å². The Morgan fingerprint density at radius 2 is 1.84 bits per heavy atom. The molecule has 1 aliphatic heterocycles. The second-order valence-corrected chi connectivity index (χ2v) is 7.68. The topological polar surface area (TPSA) is 49.4 Å². The van der Waals surface area contributed by atoms with Crippen LogP contribution in [0.3, 0.4) is 0 Å². The number of hydrogen-bond donors (Lipinski definition) is 1. The fraction of sp³-hybridized carbons (Fsp3) is 0.300. The number of aryl methyl sites for hydroxylation is 1. The molecule has 25 heavy (non-hydrogen) atoms. The molecule has 5 heteroatoms. The van der Waals surface area contributed by atoms with Crippen molar-refractivity contribution in [3.63, 3.8) is 0 Å². The van der Waals surface area contributed by atoms with Crippen molar-refractivity contribution < 1.29 is 9.59 Å². The Morgan fingerprint density at radius 3 is 2.56 bits per heavy atom. The first kappa shape index (κ1) is 16.2. The third kappa shape index (κ3) is 3.29. The summed E-state index contributed by atoms with van der Waals surface area (Å²) in [6, 6.07) is 15.8. The number of benzene rings is 2. The van der Waals surface area contributed by atoms with Crippen LogP contribution in [0, 0.1) is 12.8 Å². The van der Waals surface area contributed by atoms with Gasteiger partial charge in [-0.1, -0.05) is 35.9 Å². The van der Waals surface area contributed by atoms with Gasteiger partial charge in [-0.15, -0.1) is 11.8 Å². The van der Waals surface area contributed by atoms with Gasteiger partial charge in [-0.2, -0.15) is 0 Å². The summed E-state index contributed by atoms with van der Waals surface area (Å²) in [5.74, 6) is 0.786. The van der Waals surface area contributed by atoms with E-state index in [2.05, 4.69) is 5.32 Å². The first-order valence-electron chi connectivity index (χ1n) is 8.53. The molecule has 1 unspecified atom stereocenters. The van der Waals surface area contributed by atoms with Crippen LogP contribution in [0.4, 0.5) is 11.4 Å². The van der Waals surface area contributed by atoms with E-state index in [1.807, 2.05) is 60.4 Å². The molecule has 2 aromatic carbocycles. The number of thioether (sulfide) groups is 1. The van der Waals surface area contributed by atoms with Crippen LogP contribution in [0.1, 0.15) is 29.3 Å². The maximum Gasteiger partial charge on any atom is 0.238 e. The monoisotopic (exact) mass is 352 g/mol. The number of nitrogens with one attached hydrogen (secondary N) is 1. The minimum Gasteiger partial charge on any atom is -0.325 e. The third-order valence-corrected chi connectivity index (χ3v) is 5.81. The second-order valence-electron chi connectivity index (χ2n) is 6.61. The van der Waals surface area contributed by atoms with Crippen LogP contribution < -0.4 is 10.2 Å². The summed E-state index contributed by atoms with van der Waals surface area (Å²) in [7, 11) is 0. The molecule has 1 aliphatic carbocycles. The van der Waals surface area contributed by atoms with Gasteiger partial charge in [0.1, 0.15) is 5.37 Å². The van der Waals surface area contributed by atoms with E-state index < -0.39 is 0 Å². The number of hydrogen-bond acceptors (Lipinski definition) is 3. The van der Waals surface area contributed by atoms with Crippen LogP contribution in [0.5, 0.6) is 0 Å². The number of anilines is 2. The van der Waals surface area contributed by atoms with Crippen molar-refractivity contribution in [3.8, 4) is 0 Å². The number of para-hydroxylation sites is 1. The Labute approximate surface area is 151 Å². The van der Waals surface area contributed by atoms with Crippen molar-refractivity contribution in [3.05, 3.63) is 59.7 Å². The molecule has 2 fully saturated rings. The molecule has 4 rings (SSSR count). The van der Waals surface area contributed by atoms with E-state index >= 15 is 0 Å². The molecule has 1 saturated heterocycles. The first-order chi connectivity index (χ1) is 12.1. The maximum absolute atomic E-state index is 12.5. The largest absolute Gasteiger partial charge is 0.325 e. The molecule has 0 bridgehead atoms. The van der Waals surface area contributed by atoms with E-state index in [4.69, 9.17) is 0 Å². The Hall–Kier alpha value is -2.27. The van der Waals surface area contributed by atoms with E-state index in [-0.39, 0.29) is 23.1 Å². The standard InChI is InChI=1S/C20H20N2O2S/c1-13-6-10-15(11-7-13)22-18(23)12-25-20(22)16-4-2-3-5-17(16)21-19(24)14-8-9-14/h2-7,10-11,14,20H,8-9,12H2,1H3,(H,21,24). The molecule has 0 spiro atoms. The van der Waals surface area contributed by atoms with Crippen molar-refractivity contribution in [2.45, 2.75) is 25.1 Å². The molecular formula is C20H20N2O2S. The highest BCUT2D eigenvalue weighted by atomic mass is 32.2. The molecular weight excluding hydrogens is 332 g/mol. The molecule has 2 aromatic rings. The predicted molar refractivity (Wildman–Crippen MR) is 102 cm³/mol. The zero-order valence-corrected chi connectivity index (χ0v) is 14.9. The number of rotatable bonds is 4. The Morgan fingerprint density at radius 1 is 1.12 bits per heavy atom. The normalized spacial score (nSPS) is 20.0. The minimum atomic E-state index is -0.120. The lowest BCUT2D eigenvalue weighted by Crippen LogP contribution is -2.28. The number of nitrogens with zero attached hydrogens (tertiary/aromatic N) is 1. The van der Waals surface area contributed by atoms with Gasteiger partial charge >= 0.3 is 0 Å². The van der Waals surface area contributed by atoms with Gasteiger partial charge in [0.15, 0.2) is 0 Å². The Balaban J connectivity index is 1.66. The van der Waals surface area contributed by atoms with Gasteiger partial charge in [0.2, 0.25) is 11.8 Å². The highest BCUT2D eigenvalue weighted by Crippen LogP contribution is 2.44. The third-order valence-electron chi connectivity index (χ3n) is 4.61. The molecule has 1 N–H and O–H groups in total. The zero-order chi connectivity index (χ0) is 17.4. The van der Waals surface area contributed by atoms with Crippen molar-refractivity contribution in [2.75, 3.05) is 16.0 Å². The zero-order valence-electron chi connectivity index (χ0n) is 14.1. The average molecular weight is 352 g/mol. The van der Waals surface area contributed by atoms with Crippen LogP contribution in [0.25, 0.3) is 0 Å². The quantitative estimate of drug-likeness (QED) is 0.900. The van der Waals surface area contributed by atoms with Gasteiger partial charge < -0.3 is 5.32 Å². The minimum absolute atomic E-state index is 0.0867. The lowest BCUT2D eigenvalue weighted by atomic mass is 10.1. The molecule has 1 heterocycles. The van der Waals surface area contributed by atoms with E-state index in [0.29, 0.717) is 5.75 Å². The lowest BCUT2D eigenvalue weighted by molar-refractivity contribution is -0.117. The van der Waals surface area contributed by atoms with Crippen molar-refractivity contribution in [2.24, 2.45) is 5.92 Å². The Kier molecular flexibility index (Phi) is 4.25. The molecule has 1 atom stereocenters. The van der Waals surface area contributed by atoms with Gasteiger partial charge in [-0.05, 0) is 38.0 Å². The second kappa shape index (κ2) is 6.56. The van der Waals surface area contributed by atoms with Crippen LogP contribution in [-0.4, -0.2) is 17.6 Å². The number of carbonyl (C=O) groups excluding carboxylic acids is 2. The van der Waals surface area contributed by atoms with Gasteiger partial charge in [0, 0.05) is 22.9 Å². The van der Waals surface area contributed by atoms with Gasteiger partial charge in [0.25, 0.3) is 0 Å². The molecule has 0 radical (unpaired) electrons. The number of carbonyl (C=O) groups is 2. The average Bonchev–Trinajstić information content (AvgIpc) is 3.40. The molecule has 4 nitrogen and oxygen atoms in total. The van der Waals surface area contributed by atoms with Crippen LogP contribution in [0.2, 0.25) is 0 Å². The highest BCUT2D eigenvalue weighted by Gasteiger charge is 2.36. The molecule has 2 amide bonds. The summed E-state index contributed by atoms with van der Waals surface area (Å²) in [6.07, 6.45) is 1.94. The van der Waals surface area contributed by atoms with Crippen LogP contribution in [-0.2, 0) is 9.59 Å². The van der Waals surface area contributed by atoms with Crippen molar-refractivity contribution in [1.29, 1.82) is 0 Å². The maximum atomic E-state index is 12.5. The van der Waals surface area contributed by atoms with Gasteiger partial charge in [0.05, 0.1) is 5.75 Å². The van der Waals surface area contributed by atoms with E-state index in [1.165, 1.54) is 0 Å². The van der Waals surface area contributed by atoms with Crippen molar-refractivity contribution in [1.82, 2.24) is 0 Å². The predicted octanol–water partition coefficient (Wildman–Crippen LogP) is 4.12. The summed E-state index contributed by atoms with van der Waals surface area (Å²) in [4.78, 5) is 26.5. The smallest absolute Gasteiger partial charge is 0.238 e. The van der Waals surface area contributed by atoms with E-state index in [1.54, 1.807) is 11.8 Å². The Bertz CT molecular complexity index is 815. The molecule has 0 aromatic heterocycles. The van der Waals surface area contributed by atoms with E-state index in [0.717, 1.165) is 35.3 Å². The molecule has 128 valence electrons. The summed E-state index contributed by atoms with van der Waals surface area (Å²) in [5.41, 5.74) is 3.85.